The maximum atomic E-state index is 12.8. The Morgan fingerprint density at radius 3 is 2.44 bits per heavy atom. The first-order valence-corrected chi connectivity index (χ1v) is 9.41. The van der Waals surface area contributed by atoms with Gasteiger partial charge in [-0.2, -0.15) is 4.31 Å². The van der Waals surface area contributed by atoms with Crippen molar-refractivity contribution in [1.82, 2.24) is 9.62 Å². The van der Waals surface area contributed by atoms with Gasteiger partial charge in [-0.3, -0.25) is 0 Å². The molecule has 0 saturated heterocycles. The number of nitrogens with zero attached hydrogens (tertiary/aromatic N) is 1. The maximum absolute atomic E-state index is 12.8. The van der Waals surface area contributed by atoms with E-state index in [0.29, 0.717) is 0 Å². The Balaban J connectivity index is 2.87. The lowest BCUT2D eigenvalue weighted by Crippen LogP contribution is -2.44. The van der Waals surface area contributed by atoms with E-state index in [1.807, 2.05) is 6.92 Å². The van der Waals surface area contributed by atoms with Gasteiger partial charge in [-0.25, -0.2) is 13.2 Å². The molecule has 142 valence electrons. The summed E-state index contributed by atoms with van der Waals surface area (Å²) >= 11 is 0. The predicted molar refractivity (Wildman–Crippen MR) is 96.4 cm³/mol. The van der Waals surface area contributed by atoms with Crippen LogP contribution in [0.4, 0.5) is 4.79 Å². The third-order valence-electron chi connectivity index (χ3n) is 3.30. The number of likely N-dealkylation sites (N-methyl/N-ethyl adjacent to an activating group) is 1. The summed E-state index contributed by atoms with van der Waals surface area (Å²) in [5.74, 6) is 0.283. The van der Waals surface area contributed by atoms with E-state index in [0.717, 1.165) is 5.56 Å². The highest BCUT2D eigenvalue weighted by molar-refractivity contribution is 7.89. The van der Waals surface area contributed by atoms with Crippen molar-refractivity contribution in [3.05, 3.63) is 23.8 Å². The van der Waals surface area contributed by atoms with Crippen LogP contribution in [0, 0.1) is 6.92 Å². The summed E-state index contributed by atoms with van der Waals surface area (Å²) in [7, 11) is -0.864. The summed E-state index contributed by atoms with van der Waals surface area (Å²) < 4.78 is 37.2. The quantitative estimate of drug-likeness (QED) is 0.829. The van der Waals surface area contributed by atoms with Crippen molar-refractivity contribution in [2.45, 2.75) is 51.2 Å². The van der Waals surface area contributed by atoms with Crippen LogP contribution in [-0.2, 0) is 14.8 Å². The van der Waals surface area contributed by atoms with E-state index in [9.17, 15) is 13.2 Å². The fraction of sp³-hybridized carbons (Fsp3) is 0.588. The van der Waals surface area contributed by atoms with Crippen LogP contribution in [0.1, 0.15) is 33.3 Å². The first-order valence-electron chi connectivity index (χ1n) is 7.97. The van der Waals surface area contributed by atoms with Crippen molar-refractivity contribution < 1.29 is 22.7 Å². The normalized spacial score (nSPS) is 13.4. The Kier molecular flexibility index (Phi) is 6.84. The molecule has 0 aromatic heterocycles. The number of hydrogen-bond donors (Lipinski definition) is 1. The molecule has 0 heterocycles. The monoisotopic (exact) mass is 372 g/mol. The Bertz CT molecular complexity index is 710. The number of carbonyl (C=O) groups is 1. The highest BCUT2D eigenvalue weighted by Gasteiger charge is 2.27. The molecule has 0 aliphatic rings. The van der Waals surface area contributed by atoms with Crippen molar-refractivity contribution in [3.63, 3.8) is 0 Å². The summed E-state index contributed by atoms with van der Waals surface area (Å²) in [5.41, 5.74) is 0.198. The molecule has 0 spiro atoms. The van der Waals surface area contributed by atoms with Crippen LogP contribution in [-0.4, -0.2) is 51.2 Å². The molecule has 1 rings (SSSR count). The number of rotatable bonds is 6. The lowest BCUT2D eigenvalue weighted by atomic mass is 10.2. The van der Waals surface area contributed by atoms with Crippen LogP contribution < -0.4 is 10.1 Å². The SMILES string of the molecule is COc1ccc(C)cc1S(=O)(=O)N(C)C[C@H](C)NC(=O)OC(C)(C)C. The van der Waals surface area contributed by atoms with Crippen LogP contribution in [0.25, 0.3) is 0 Å². The summed E-state index contributed by atoms with van der Waals surface area (Å²) in [6.45, 7) is 8.90. The fourth-order valence-electron chi connectivity index (χ4n) is 2.19. The minimum absolute atomic E-state index is 0.0959. The van der Waals surface area contributed by atoms with Gasteiger partial charge in [0.1, 0.15) is 16.2 Å². The average Bonchev–Trinajstić information content (AvgIpc) is 2.44. The molecule has 0 saturated carbocycles. The number of methoxy groups -OCH3 is 1. The maximum Gasteiger partial charge on any atom is 0.407 e. The minimum atomic E-state index is -3.75. The molecular formula is C17H28N2O5S. The van der Waals surface area contributed by atoms with Gasteiger partial charge < -0.3 is 14.8 Å². The Morgan fingerprint density at radius 1 is 1.32 bits per heavy atom. The van der Waals surface area contributed by atoms with Crippen LogP contribution in [0.15, 0.2) is 23.1 Å². The van der Waals surface area contributed by atoms with Crippen LogP contribution >= 0.6 is 0 Å². The first-order chi connectivity index (χ1) is 11.4. The number of alkyl carbamates (subject to hydrolysis) is 1. The van der Waals surface area contributed by atoms with Crippen LogP contribution in [0.2, 0.25) is 0 Å². The number of nitrogens with one attached hydrogen (secondary N) is 1. The number of aryl methyl sites for hydroxylation is 1. The molecule has 0 aliphatic heterocycles. The Labute approximate surface area is 150 Å². The first kappa shape index (κ1) is 21.2. The van der Waals surface area contributed by atoms with Crippen LogP contribution in [0.3, 0.4) is 0 Å². The summed E-state index contributed by atoms with van der Waals surface area (Å²) in [4.78, 5) is 11.9. The van der Waals surface area contributed by atoms with E-state index in [4.69, 9.17) is 9.47 Å². The molecule has 0 aliphatic carbocycles. The Morgan fingerprint density at radius 2 is 1.92 bits per heavy atom. The minimum Gasteiger partial charge on any atom is -0.495 e. The number of ether oxygens (including phenoxy) is 2. The highest BCUT2D eigenvalue weighted by Crippen LogP contribution is 2.27. The smallest absolute Gasteiger partial charge is 0.407 e. The number of carbonyl (C=O) groups excluding carboxylic acids is 1. The number of benzene rings is 1. The largest absolute Gasteiger partial charge is 0.495 e. The van der Waals surface area contributed by atoms with Gasteiger partial charge in [-0.1, -0.05) is 6.07 Å². The predicted octanol–water partition coefficient (Wildman–Crippen LogP) is 2.54. The summed E-state index contributed by atoms with van der Waals surface area (Å²) in [6.07, 6.45) is -0.584. The topological polar surface area (TPSA) is 84.9 Å². The lowest BCUT2D eigenvalue weighted by Gasteiger charge is -2.25. The molecule has 1 N–H and O–H groups in total. The van der Waals surface area contributed by atoms with Gasteiger partial charge >= 0.3 is 6.09 Å². The van der Waals surface area contributed by atoms with Crippen molar-refractivity contribution >= 4 is 16.1 Å². The third kappa shape index (κ3) is 6.21. The van der Waals surface area contributed by atoms with Gasteiger partial charge in [0.25, 0.3) is 0 Å². The fourth-order valence-corrected chi connectivity index (χ4v) is 3.69. The standard InChI is InChI=1S/C17H28N2O5S/c1-12-8-9-14(23-7)15(10-12)25(21,22)19(6)11-13(2)18-16(20)24-17(3,4)5/h8-10,13H,11H2,1-7H3,(H,18,20)/t13-/m0/s1. The van der Waals surface area contributed by atoms with E-state index < -0.39 is 27.8 Å². The molecule has 0 bridgehead atoms. The van der Waals surface area contributed by atoms with Crippen molar-refractivity contribution in [2.24, 2.45) is 0 Å². The van der Waals surface area contributed by atoms with Gasteiger partial charge in [0.05, 0.1) is 7.11 Å². The zero-order valence-corrected chi connectivity index (χ0v) is 16.7. The zero-order chi connectivity index (χ0) is 19.4. The van der Waals surface area contributed by atoms with Crippen molar-refractivity contribution in [1.29, 1.82) is 0 Å². The van der Waals surface area contributed by atoms with E-state index in [-0.39, 0.29) is 17.2 Å². The second-order valence-corrected chi connectivity index (χ2v) is 9.00. The molecular weight excluding hydrogens is 344 g/mol. The summed E-state index contributed by atoms with van der Waals surface area (Å²) in [6, 6.07) is 4.55. The average molecular weight is 372 g/mol. The van der Waals surface area contributed by atoms with Crippen LogP contribution in [0.5, 0.6) is 5.75 Å². The summed E-state index contributed by atoms with van der Waals surface area (Å²) in [5, 5.41) is 2.63. The molecule has 1 atom stereocenters. The molecule has 7 nitrogen and oxygen atoms in total. The zero-order valence-electron chi connectivity index (χ0n) is 15.9. The lowest BCUT2D eigenvalue weighted by molar-refractivity contribution is 0.0504. The number of hydrogen-bond acceptors (Lipinski definition) is 5. The van der Waals surface area contributed by atoms with E-state index in [1.54, 1.807) is 45.9 Å². The van der Waals surface area contributed by atoms with Gasteiger partial charge in [-0.15, -0.1) is 0 Å². The van der Waals surface area contributed by atoms with Crippen molar-refractivity contribution in [2.75, 3.05) is 20.7 Å². The molecule has 0 unspecified atom stereocenters. The van der Waals surface area contributed by atoms with Gasteiger partial charge in [0, 0.05) is 19.6 Å². The molecule has 0 radical (unpaired) electrons. The van der Waals surface area contributed by atoms with Gasteiger partial charge in [-0.05, 0) is 52.3 Å². The van der Waals surface area contributed by atoms with E-state index >= 15 is 0 Å². The number of sulfonamides is 1. The second kappa shape index (κ2) is 8.05. The molecule has 1 aromatic rings. The van der Waals surface area contributed by atoms with E-state index in [1.165, 1.54) is 18.5 Å². The molecule has 0 fully saturated rings. The molecule has 25 heavy (non-hydrogen) atoms. The number of amides is 1. The molecule has 1 aromatic carbocycles. The molecule has 1 amide bonds. The van der Waals surface area contributed by atoms with Crippen molar-refractivity contribution in [3.8, 4) is 5.75 Å². The molecule has 8 heteroatoms. The van der Waals surface area contributed by atoms with Gasteiger partial charge in [0.15, 0.2) is 0 Å². The van der Waals surface area contributed by atoms with E-state index in [2.05, 4.69) is 5.32 Å². The highest BCUT2D eigenvalue weighted by atomic mass is 32.2. The second-order valence-electron chi connectivity index (χ2n) is 6.99. The van der Waals surface area contributed by atoms with Gasteiger partial charge in [0.2, 0.25) is 10.0 Å². The third-order valence-corrected chi connectivity index (χ3v) is 5.15. The Hall–Kier alpha value is -1.80.